The van der Waals surface area contributed by atoms with E-state index >= 15 is 0 Å². The highest BCUT2D eigenvalue weighted by molar-refractivity contribution is 7.88. The zero-order chi connectivity index (χ0) is 15.6. The molecule has 1 aromatic carbocycles. The van der Waals surface area contributed by atoms with E-state index in [9.17, 15) is 18.0 Å². The molecular weight excluding hydrogens is 288 g/mol. The minimum atomic E-state index is -4.00. The smallest absolute Gasteiger partial charge is 0.328 e. The van der Waals surface area contributed by atoms with Gasteiger partial charge < -0.3 is 10.2 Å². The number of hydrogen-bond acceptors (Lipinski definition) is 4. The van der Waals surface area contributed by atoms with Crippen molar-refractivity contribution in [1.82, 2.24) is 0 Å². The Kier molecular flexibility index (Phi) is 7.56. The molecule has 0 unspecified atom stereocenters. The topological polar surface area (TPSA) is 129 Å². The summed E-state index contributed by atoms with van der Waals surface area (Å²) in [6, 6.07) is 8.86. The first kappa shape index (κ1) is 17.6. The van der Waals surface area contributed by atoms with Gasteiger partial charge in [0.1, 0.15) is 0 Å². The van der Waals surface area contributed by atoms with Crippen molar-refractivity contribution in [1.29, 1.82) is 0 Å². The molecule has 0 bridgehead atoms. The highest BCUT2D eigenvalue weighted by Gasteiger charge is 1.94. The Morgan fingerprint density at radius 2 is 1.40 bits per heavy atom. The highest BCUT2D eigenvalue weighted by atomic mass is 32.2. The van der Waals surface area contributed by atoms with E-state index in [-0.39, 0.29) is 0 Å². The standard InChI is InChI=1S/C8H8O3S.C4H4O4/c9-12(10,11)7-6-8-4-2-1-3-5-8;5-3(6)1-2-4(7)8/h1-7H,(H,9,10,11);1-2H,(H,5,6)(H,7,8)/b;2-1-. The van der Waals surface area contributed by atoms with Gasteiger partial charge in [0, 0.05) is 12.2 Å². The number of carboxylic acids is 2. The summed E-state index contributed by atoms with van der Waals surface area (Å²) in [5, 5.41) is 16.4. The van der Waals surface area contributed by atoms with Crippen LogP contribution in [0.25, 0.3) is 6.08 Å². The molecule has 0 fully saturated rings. The molecule has 0 saturated heterocycles. The maximum Gasteiger partial charge on any atom is 0.328 e. The molecule has 8 heteroatoms. The third-order valence-corrected chi connectivity index (χ3v) is 2.08. The van der Waals surface area contributed by atoms with Crippen molar-refractivity contribution in [3.63, 3.8) is 0 Å². The fourth-order valence-corrected chi connectivity index (χ4v) is 1.20. The van der Waals surface area contributed by atoms with Gasteiger partial charge in [0.15, 0.2) is 0 Å². The van der Waals surface area contributed by atoms with Crippen molar-refractivity contribution in [2.24, 2.45) is 0 Å². The van der Waals surface area contributed by atoms with Gasteiger partial charge in [-0.2, -0.15) is 8.42 Å². The molecule has 1 rings (SSSR count). The second-order valence-corrected chi connectivity index (χ2v) is 4.54. The fraction of sp³-hybridized carbons (Fsp3) is 0. The molecule has 7 nitrogen and oxygen atoms in total. The predicted octanol–water partition coefficient (Wildman–Crippen LogP) is 1.26. The molecule has 0 amide bonds. The summed E-state index contributed by atoms with van der Waals surface area (Å²) in [7, 11) is -4.00. The van der Waals surface area contributed by atoms with Gasteiger partial charge in [0.25, 0.3) is 10.1 Å². The molecule has 0 aliphatic heterocycles. The number of carbonyl (C=O) groups is 2. The van der Waals surface area contributed by atoms with Crippen molar-refractivity contribution >= 4 is 28.1 Å². The van der Waals surface area contributed by atoms with Gasteiger partial charge in [-0.1, -0.05) is 30.3 Å². The van der Waals surface area contributed by atoms with Crippen LogP contribution >= 0.6 is 0 Å². The number of hydrogen-bond donors (Lipinski definition) is 3. The third-order valence-electron chi connectivity index (χ3n) is 1.60. The summed E-state index contributed by atoms with van der Waals surface area (Å²) in [6.45, 7) is 0. The van der Waals surface area contributed by atoms with Crippen LogP contribution in [0.2, 0.25) is 0 Å². The zero-order valence-electron chi connectivity index (χ0n) is 10.1. The maximum absolute atomic E-state index is 10.3. The Bertz CT molecular complexity index is 584. The molecule has 0 atom stereocenters. The van der Waals surface area contributed by atoms with E-state index in [0.29, 0.717) is 12.2 Å². The predicted molar refractivity (Wildman–Crippen MR) is 71.4 cm³/mol. The van der Waals surface area contributed by atoms with Gasteiger partial charge >= 0.3 is 11.9 Å². The van der Waals surface area contributed by atoms with Crippen molar-refractivity contribution in [3.05, 3.63) is 53.5 Å². The number of aliphatic carboxylic acids is 2. The summed E-state index contributed by atoms with van der Waals surface area (Å²) in [6.07, 6.45) is 2.44. The lowest BCUT2D eigenvalue weighted by Gasteiger charge is -1.89. The monoisotopic (exact) mass is 300 g/mol. The second kappa shape index (κ2) is 8.62. The van der Waals surface area contributed by atoms with E-state index in [2.05, 4.69) is 0 Å². The number of rotatable bonds is 4. The quantitative estimate of drug-likeness (QED) is 0.563. The molecular formula is C12H12O7S. The Morgan fingerprint density at radius 3 is 1.75 bits per heavy atom. The van der Waals surface area contributed by atoms with Crippen LogP contribution in [0.15, 0.2) is 47.9 Å². The fourth-order valence-electron chi connectivity index (χ4n) is 0.871. The molecule has 0 aliphatic rings. The van der Waals surface area contributed by atoms with Crippen LogP contribution < -0.4 is 0 Å². The van der Waals surface area contributed by atoms with Crippen LogP contribution in [0.4, 0.5) is 0 Å². The number of benzene rings is 1. The summed E-state index contributed by atoms with van der Waals surface area (Å²) in [5.74, 6) is -2.51. The first-order valence-electron chi connectivity index (χ1n) is 5.05. The van der Waals surface area contributed by atoms with Gasteiger partial charge in [-0.15, -0.1) is 0 Å². The van der Waals surface area contributed by atoms with Gasteiger partial charge in [0.2, 0.25) is 0 Å². The van der Waals surface area contributed by atoms with Crippen LogP contribution in [0.1, 0.15) is 5.56 Å². The summed E-state index contributed by atoms with van der Waals surface area (Å²) < 4.78 is 28.9. The summed E-state index contributed by atoms with van der Waals surface area (Å²) in [5.41, 5.74) is 0.732. The van der Waals surface area contributed by atoms with Crippen LogP contribution in [-0.2, 0) is 19.7 Å². The van der Waals surface area contributed by atoms with Crippen LogP contribution in [0.3, 0.4) is 0 Å². The van der Waals surface area contributed by atoms with Crippen molar-refractivity contribution in [3.8, 4) is 0 Å². The molecule has 0 aliphatic carbocycles. The first-order chi connectivity index (χ1) is 9.20. The molecule has 0 spiro atoms. The lowest BCUT2D eigenvalue weighted by molar-refractivity contribution is -0.134. The molecule has 108 valence electrons. The Hall–Kier alpha value is -2.45. The SMILES string of the molecule is O=C(O)/C=C\C(=O)O.O=S(=O)(O)C=Cc1ccccc1. The van der Waals surface area contributed by atoms with Crippen molar-refractivity contribution in [2.45, 2.75) is 0 Å². The Labute approximate surface area is 115 Å². The largest absolute Gasteiger partial charge is 0.478 e. The molecule has 0 saturated carbocycles. The molecule has 0 aromatic heterocycles. The van der Waals surface area contributed by atoms with Gasteiger partial charge in [-0.3, -0.25) is 4.55 Å². The van der Waals surface area contributed by atoms with Gasteiger partial charge in [-0.25, -0.2) is 9.59 Å². The first-order valence-corrected chi connectivity index (χ1v) is 6.55. The molecule has 1 aromatic rings. The van der Waals surface area contributed by atoms with Crippen LogP contribution in [0.5, 0.6) is 0 Å². The van der Waals surface area contributed by atoms with Crippen molar-refractivity contribution in [2.75, 3.05) is 0 Å². The minimum Gasteiger partial charge on any atom is -0.478 e. The Balaban J connectivity index is 0.000000396. The lowest BCUT2D eigenvalue weighted by atomic mass is 10.2. The van der Waals surface area contributed by atoms with Crippen LogP contribution in [0, 0.1) is 0 Å². The van der Waals surface area contributed by atoms with E-state index in [4.69, 9.17) is 14.8 Å². The second-order valence-electron chi connectivity index (χ2n) is 3.24. The van der Waals surface area contributed by atoms with E-state index in [1.54, 1.807) is 24.3 Å². The third kappa shape index (κ3) is 12.0. The average Bonchev–Trinajstić information content (AvgIpc) is 2.35. The highest BCUT2D eigenvalue weighted by Crippen LogP contribution is 2.01. The van der Waals surface area contributed by atoms with Crippen molar-refractivity contribution < 1.29 is 32.8 Å². The molecule has 0 heterocycles. The van der Waals surface area contributed by atoms with Gasteiger partial charge in [-0.05, 0) is 11.6 Å². The molecule has 3 N–H and O–H groups in total. The van der Waals surface area contributed by atoms with Gasteiger partial charge in [0.05, 0.1) is 5.41 Å². The van der Waals surface area contributed by atoms with E-state index in [1.807, 2.05) is 6.07 Å². The minimum absolute atomic E-state index is 0.558. The molecule has 20 heavy (non-hydrogen) atoms. The van der Waals surface area contributed by atoms with E-state index < -0.39 is 22.1 Å². The zero-order valence-corrected chi connectivity index (χ0v) is 10.9. The van der Waals surface area contributed by atoms with E-state index in [0.717, 1.165) is 11.0 Å². The normalized spacial score (nSPS) is 11.1. The Morgan fingerprint density at radius 1 is 0.950 bits per heavy atom. The lowest BCUT2D eigenvalue weighted by Crippen LogP contribution is -1.91. The van der Waals surface area contributed by atoms with Crippen LogP contribution in [-0.4, -0.2) is 35.1 Å². The molecule has 0 radical (unpaired) electrons. The number of carboxylic acid groups (broad SMARTS) is 2. The maximum atomic E-state index is 10.3. The summed E-state index contributed by atoms with van der Waals surface area (Å²) >= 11 is 0. The average molecular weight is 300 g/mol. The van der Waals surface area contributed by atoms with E-state index in [1.165, 1.54) is 6.08 Å². The summed E-state index contributed by atoms with van der Waals surface area (Å²) in [4.78, 5) is 19.1.